The standard InChI is InChI=1S/C26H24N2O7S/c1-13-11-16(9-10-18(13)34-4)21(29)19-20(15-7-6-8-17(12-15)33-3)28(24(31)22(19)30)26-27-14(2)23(36-26)25(32)35-5/h6-12,20,29H,1-5H3/t20-/m1/s1. The maximum atomic E-state index is 13.4. The van der Waals surface area contributed by atoms with Crippen molar-refractivity contribution in [3.05, 3.63) is 75.3 Å². The first kappa shape index (κ1) is 24.9. The Morgan fingerprint density at radius 3 is 2.44 bits per heavy atom. The van der Waals surface area contributed by atoms with Crippen LogP contribution in [0.3, 0.4) is 0 Å². The van der Waals surface area contributed by atoms with Crippen molar-refractivity contribution >= 4 is 39.9 Å². The van der Waals surface area contributed by atoms with Gasteiger partial charge in [-0.05, 0) is 55.3 Å². The van der Waals surface area contributed by atoms with Crippen LogP contribution < -0.4 is 14.4 Å². The average molecular weight is 509 g/mol. The maximum absolute atomic E-state index is 13.4. The summed E-state index contributed by atoms with van der Waals surface area (Å²) in [7, 11) is 4.29. The van der Waals surface area contributed by atoms with E-state index < -0.39 is 23.7 Å². The van der Waals surface area contributed by atoms with Gasteiger partial charge in [0.1, 0.15) is 22.1 Å². The van der Waals surface area contributed by atoms with Gasteiger partial charge in [0.05, 0.1) is 38.6 Å². The third-order valence-corrected chi connectivity index (χ3v) is 7.02. The SMILES string of the molecule is COC(=O)c1sc(N2C(=O)C(=O)C(=C(O)c3ccc(OC)c(C)c3)[C@H]2c2cccc(OC)c2)nc1C. The Kier molecular flexibility index (Phi) is 6.80. The molecule has 0 unspecified atom stereocenters. The van der Waals surface area contributed by atoms with E-state index in [0.29, 0.717) is 28.3 Å². The number of Topliss-reactive ketones (excluding diaryl/α,β-unsaturated/α-hetero) is 1. The van der Waals surface area contributed by atoms with Crippen LogP contribution in [0, 0.1) is 13.8 Å². The first-order chi connectivity index (χ1) is 17.2. The fourth-order valence-corrected chi connectivity index (χ4v) is 5.12. The number of methoxy groups -OCH3 is 3. The second kappa shape index (κ2) is 9.82. The molecule has 1 amide bonds. The van der Waals surface area contributed by atoms with E-state index in [1.807, 2.05) is 0 Å². The van der Waals surface area contributed by atoms with Crippen molar-refractivity contribution in [3.63, 3.8) is 0 Å². The lowest BCUT2D eigenvalue weighted by Gasteiger charge is -2.23. The molecule has 0 bridgehead atoms. The van der Waals surface area contributed by atoms with E-state index in [1.54, 1.807) is 56.3 Å². The largest absolute Gasteiger partial charge is 0.507 e. The number of thiazole rings is 1. The zero-order valence-electron chi connectivity index (χ0n) is 20.3. The number of hydrogen-bond donors (Lipinski definition) is 1. The quantitative estimate of drug-likeness (QED) is 0.228. The van der Waals surface area contributed by atoms with Crippen LogP contribution >= 0.6 is 11.3 Å². The van der Waals surface area contributed by atoms with Crippen LogP contribution in [-0.2, 0) is 14.3 Å². The lowest BCUT2D eigenvalue weighted by molar-refractivity contribution is -0.132. The number of rotatable bonds is 6. The minimum absolute atomic E-state index is 0.106. The Morgan fingerprint density at radius 1 is 1.06 bits per heavy atom. The highest BCUT2D eigenvalue weighted by Gasteiger charge is 2.48. The molecule has 0 radical (unpaired) electrons. The molecule has 10 heteroatoms. The molecule has 4 rings (SSSR count). The number of carbonyl (C=O) groups is 3. The summed E-state index contributed by atoms with van der Waals surface area (Å²) in [5.41, 5.74) is 1.87. The number of carbonyl (C=O) groups excluding carboxylic acids is 3. The summed E-state index contributed by atoms with van der Waals surface area (Å²) in [6, 6.07) is 10.8. The van der Waals surface area contributed by atoms with Gasteiger partial charge in [-0.2, -0.15) is 0 Å². The predicted octanol–water partition coefficient (Wildman–Crippen LogP) is 4.19. The minimum Gasteiger partial charge on any atom is -0.507 e. The molecule has 0 aliphatic carbocycles. The molecule has 0 spiro atoms. The average Bonchev–Trinajstić information content (AvgIpc) is 3.39. The second-order valence-corrected chi connectivity index (χ2v) is 9.01. The van der Waals surface area contributed by atoms with Gasteiger partial charge in [0.15, 0.2) is 5.13 Å². The number of anilines is 1. The number of ketones is 1. The molecule has 1 aliphatic heterocycles. The number of benzene rings is 2. The Balaban J connectivity index is 1.95. The van der Waals surface area contributed by atoms with Crippen LogP contribution in [-0.4, -0.2) is 49.1 Å². The zero-order chi connectivity index (χ0) is 26.1. The van der Waals surface area contributed by atoms with E-state index in [9.17, 15) is 19.5 Å². The zero-order valence-corrected chi connectivity index (χ0v) is 21.1. The van der Waals surface area contributed by atoms with Gasteiger partial charge >= 0.3 is 11.9 Å². The molecule has 2 aromatic carbocycles. The third kappa shape index (κ3) is 4.20. The molecular weight excluding hydrogens is 484 g/mol. The van der Waals surface area contributed by atoms with Gasteiger partial charge in [-0.25, -0.2) is 9.78 Å². The van der Waals surface area contributed by atoms with E-state index in [-0.39, 0.29) is 21.3 Å². The summed E-state index contributed by atoms with van der Waals surface area (Å²) in [6.07, 6.45) is 0. The molecular formula is C26H24N2O7S. The van der Waals surface area contributed by atoms with Crippen molar-refractivity contribution in [2.24, 2.45) is 0 Å². The Morgan fingerprint density at radius 2 is 1.81 bits per heavy atom. The van der Waals surface area contributed by atoms with Crippen LogP contribution in [0.4, 0.5) is 5.13 Å². The number of aliphatic hydroxyl groups excluding tert-OH is 1. The summed E-state index contributed by atoms with van der Waals surface area (Å²) >= 11 is 0.936. The van der Waals surface area contributed by atoms with E-state index >= 15 is 0 Å². The predicted molar refractivity (Wildman–Crippen MR) is 134 cm³/mol. The van der Waals surface area contributed by atoms with E-state index in [4.69, 9.17) is 14.2 Å². The highest BCUT2D eigenvalue weighted by Crippen LogP contribution is 2.44. The smallest absolute Gasteiger partial charge is 0.350 e. The van der Waals surface area contributed by atoms with Gasteiger partial charge in [-0.1, -0.05) is 23.5 Å². The molecule has 36 heavy (non-hydrogen) atoms. The van der Waals surface area contributed by atoms with Crippen molar-refractivity contribution in [1.29, 1.82) is 0 Å². The number of ether oxygens (including phenoxy) is 3. The molecule has 1 saturated heterocycles. The van der Waals surface area contributed by atoms with Crippen molar-refractivity contribution in [2.45, 2.75) is 19.9 Å². The number of esters is 1. The van der Waals surface area contributed by atoms with Crippen LogP contribution in [0.25, 0.3) is 5.76 Å². The topological polar surface area (TPSA) is 115 Å². The summed E-state index contributed by atoms with van der Waals surface area (Å²) in [5, 5.41) is 11.5. The Bertz CT molecular complexity index is 1410. The molecule has 1 aliphatic rings. The summed E-state index contributed by atoms with van der Waals surface area (Å²) in [4.78, 5) is 44.7. The number of aryl methyl sites for hydroxylation is 2. The molecule has 1 fully saturated rings. The molecule has 9 nitrogen and oxygen atoms in total. The normalized spacial score (nSPS) is 16.8. The number of nitrogens with zero attached hydrogens (tertiary/aromatic N) is 2. The van der Waals surface area contributed by atoms with Crippen molar-refractivity contribution in [1.82, 2.24) is 4.98 Å². The fraction of sp³-hybridized carbons (Fsp3) is 0.231. The summed E-state index contributed by atoms with van der Waals surface area (Å²) in [6.45, 7) is 3.42. The van der Waals surface area contributed by atoms with E-state index in [0.717, 1.165) is 16.9 Å². The Hall–Kier alpha value is -4.18. The first-order valence-electron chi connectivity index (χ1n) is 10.9. The van der Waals surface area contributed by atoms with Gasteiger partial charge in [0, 0.05) is 5.56 Å². The molecule has 2 heterocycles. The van der Waals surface area contributed by atoms with E-state index in [2.05, 4.69) is 4.98 Å². The van der Waals surface area contributed by atoms with Crippen molar-refractivity contribution < 1.29 is 33.7 Å². The highest BCUT2D eigenvalue weighted by atomic mass is 32.1. The molecule has 0 saturated carbocycles. The molecule has 186 valence electrons. The number of amides is 1. The van der Waals surface area contributed by atoms with Gasteiger partial charge in [0.25, 0.3) is 5.78 Å². The molecule has 1 N–H and O–H groups in total. The maximum Gasteiger partial charge on any atom is 0.350 e. The Labute approximate surface area is 211 Å². The van der Waals surface area contributed by atoms with Crippen molar-refractivity contribution in [3.8, 4) is 11.5 Å². The van der Waals surface area contributed by atoms with Gasteiger partial charge in [0.2, 0.25) is 0 Å². The van der Waals surface area contributed by atoms with Crippen LogP contribution in [0.2, 0.25) is 0 Å². The fourth-order valence-electron chi connectivity index (χ4n) is 4.11. The van der Waals surface area contributed by atoms with Gasteiger partial charge < -0.3 is 19.3 Å². The minimum atomic E-state index is -1.02. The van der Waals surface area contributed by atoms with E-state index in [1.165, 1.54) is 26.2 Å². The number of aliphatic hydroxyl groups is 1. The lowest BCUT2D eigenvalue weighted by Crippen LogP contribution is -2.29. The van der Waals surface area contributed by atoms with Crippen LogP contribution in [0.5, 0.6) is 11.5 Å². The molecule has 1 aromatic heterocycles. The van der Waals surface area contributed by atoms with Gasteiger partial charge in [-0.3, -0.25) is 14.5 Å². The number of aromatic nitrogens is 1. The monoisotopic (exact) mass is 508 g/mol. The van der Waals surface area contributed by atoms with Crippen molar-refractivity contribution in [2.75, 3.05) is 26.2 Å². The third-order valence-electron chi connectivity index (χ3n) is 5.88. The van der Waals surface area contributed by atoms with Crippen LogP contribution in [0.1, 0.15) is 38.1 Å². The highest BCUT2D eigenvalue weighted by molar-refractivity contribution is 7.17. The first-order valence-corrected chi connectivity index (χ1v) is 11.7. The summed E-state index contributed by atoms with van der Waals surface area (Å²) in [5.74, 6) is -1.56. The molecule has 3 aromatic rings. The second-order valence-electron chi connectivity index (χ2n) is 8.03. The molecule has 1 atom stereocenters. The summed E-state index contributed by atoms with van der Waals surface area (Å²) < 4.78 is 15.5. The van der Waals surface area contributed by atoms with Crippen LogP contribution in [0.15, 0.2) is 48.0 Å². The lowest BCUT2D eigenvalue weighted by atomic mass is 9.94. The van der Waals surface area contributed by atoms with Gasteiger partial charge in [-0.15, -0.1) is 0 Å². The number of hydrogen-bond acceptors (Lipinski definition) is 9.